The van der Waals surface area contributed by atoms with Gasteiger partial charge in [0.05, 0.1) is 29.7 Å². The van der Waals surface area contributed by atoms with Crippen molar-refractivity contribution in [3.63, 3.8) is 0 Å². The lowest BCUT2D eigenvalue weighted by Crippen LogP contribution is -2.50. The molecule has 1 heterocycles. The summed E-state index contributed by atoms with van der Waals surface area (Å²) in [6.07, 6.45) is -0.607. The standard InChI is InChI=1S/C29H34N4O6S/c1-20-17-33(21(2)19-34)28(35)25-16-23(31-29(36)30-22-10-6-4-7-11-22)14-15-26(25)39-27(20)18-32(3)40(37,38)24-12-8-5-9-13-24/h4-16,20-21,27,34H,17-19H2,1-3H3,(H2,30,31,36)/t20-,21+,27+/m0/s1. The molecule has 1 aliphatic rings. The topological polar surface area (TPSA) is 128 Å². The number of fused-ring (bicyclic) bond motifs is 1. The number of carbonyl (C=O) groups excluding carboxylic acids is 2. The molecule has 11 heteroatoms. The second-order valence-electron chi connectivity index (χ2n) is 9.88. The molecule has 0 aliphatic carbocycles. The summed E-state index contributed by atoms with van der Waals surface area (Å²) in [7, 11) is -2.28. The number of urea groups is 1. The fourth-order valence-corrected chi connectivity index (χ4v) is 5.66. The van der Waals surface area contributed by atoms with E-state index in [2.05, 4.69) is 10.6 Å². The lowest BCUT2D eigenvalue weighted by Gasteiger charge is -2.38. The number of para-hydroxylation sites is 1. The van der Waals surface area contributed by atoms with Gasteiger partial charge >= 0.3 is 6.03 Å². The zero-order chi connectivity index (χ0) is 28.9. The second kappa shape index (κ2) is 12.5. The highest BCUT2D eigenvalue weighted by Crippen LogP contribution is 2.31. The Hall–Kier alpha value is -3.93. The van der Waals surface area contributed by atoms with E-state index in [1.54, 1.807) is 66.4 Å². The first-order chi connectivity index (χ1) is 19.1. The summed E-state index contributed by atoms with van der Waals surface area (Å²) in [6, 6.07) is 20.8. The summed E-state index contributed by atoms with van der Waals surface area (Å²) >= 11 is 0. The Balaban J connectivity index is 1.62. The van der Waals surface area contributed by atoms with Gasteiger partial charge in [-0.15, -0.1) is 0 Å². The number of carbonyl (C=O) groups is 2. The summed E-state index contributed by atoms with van der Waals surface area (Å²) in [5.41, 5.74) is 1.18. The Kier molecular flexibility index (Phi) is 9.08. The van der Waals surface area contributed by atoms with E-state index < -0.39 is 28.2 Å². The Morgan fingerprint density at radius 3 is 2.33 bits per heavy atom. The molecule has 1 aliphatic heterocycles. The van der Waals surface area contributed by atoms with Crippen LogP contribution in [0, 0.1) is 5.92 Å². The highest BCUT2D eigenvalue weighted by Gasteiger charge is 2.35. The Bertz CT molecular complexity index is 1440. The molecule has 212 valence electrons. The molecule has 3 N–H and O–H groups in total. The van der Waals surface area contributed by atoms with E-state index in [-0.39, 0.29) is 47.7 Å². The summed E-state index contributed by atoms with van der Waals surface area (Å²) in [5.74, 6) is -0.371. The molecule has 0 bridgehead atoms. The van der Waals surface area contributed by atoms with E-state index in [0.29, 0.717) is 11.4 Å². The van der Waals surface area contributed by atoms with Crippen LogP contribution in [0.15, 0.2) is 83.8 Å². The number of hydrogen-bond acceptors (Lipinski definition) is 6. The Morgan fingerprint density at radius 2 is 1.68 bits per heavy atom. The van der Waals surface area contributed by atoms with Gasteiger partial charge in [-0.1, -0.05) is 43.3 Å². The number of likely N-dealkylation sites (N-methyl/N-ethyl adjacent to an activating group) is 1. The molecular formula is C29H34N4O6S. The average Bonchev–Trinajstić information content (AvgIpc) is 2.95. The summed E-state index contributed by atoms with van der Waals surface area (Å²) in [6.45, 7) is 3.64. The monoisotopic (exact) mass is 566 g/mol. The van der Waals surface area contributed by atoms with Crippen molar-refractivity contribution in [3.8, 4) is 5.75 Å². The molecule has 0 aromatic heterocycles. The molecule has 40 heavy (non-hydrogen) atoms. The van der Waals surface area contributed by atoms with Crippen LogP contribution >= 0.6 is 0 Å². The van der Waals surface area contributed by atoms with Crippen molar-refractivity contribution >= 4 is 33.3 Å². The number of benzene rings is 3. The third-order valence-corrected chi connectivity index (χ3v) is 8.68. The molecular weight excluding hydrogens is 532 g/mol. The van der Waals surface area contributed by atoms with Crippen molar-refractivity contribution in [2.24, 2.45) is 5.92 Å². The summed E-state index contributed by atoms with van der Waals surface area (Å²) in [4.78, 5) is 27.9. The van der Waals surface area contributed by atoms with Gasteiger partial charge < -0.3 is 25.4 Å². The molecule has 0 saturated carbocycles. The van der Waals surface area contributed by atoms with Crippen molar-refractivity contribution in [1.29, 1.82) is 0 Å². The smallest absolute Gasteiger partial charge is 0.323 e. The third kappa shape index (κ3) is 6.61. The summed E-state index contributed by atoms with van der Waals surface area (Å²) < 4.78 is 33.9. The highest BCUT2D eigenvalue weighted by atomic mass is 32.2. The van der Waals surface area contributed by atoms with Crippen LogP contribution in [0.1, 0.15) is 24.2 Å². The fourth-order valence-electron chi connectivity index (χ4n) is 4.46. The van der Waals surface area contributed by atoms with Gasteiger partial charge in [0.1, 0.15) is 11.9 Å². The first-order valence-corrected chi connectivity index (χ1v) is 14.4. The largest absolute Gasteiger partial charge is 0.488 e. The SMILES string of the molecule is C[C@H](CO)N1C[C@H](C)[C@@H](CN(C)S(=O)(=O)c2ccccc2)Oc2ccc(NC(=O)Nc3ccccc3)cc2C1=O. The van der Waals surface area contributed by atoms with Crippen LogP contribution in [-0.4, -0.2) is 73.6 Å². The highest BCUT2D eigenvalue weighted by molar-refractivity contribution is 7.89. The number of aliphatic hydroxyl groups excluding tert-OH is 1. The molecule has 3 aromatic carbocycles. The number of aliphatic hydroxyl groups is 1. The van der Waals surface area contributed by atoms with Gasteiger partial charge in [0, 0.05) is 30.9 Å². The van der Waals surface area contributed by atoms with E-state index in [1.807, 2.05) is 13.0 Å². The van der Waals surface area contributed by atoms with E-state index >= 15 is 0 Å². The number of nitrogens with zero attached hydrogens (tertiary/aromatic N) is 2. The number of ether oxygens (including phenoxy) is 1. The number of anilines is 2. The van der Waals surface area contributed by atoms with Gasteiger partial charge in [-0.25, -0.2) is 13.2 Å². The number of hydrogen-bond donors (Lipinski definition) is 3. The van der Waals surface area contributed by atoms with Crippen molar-refractivity contribution < 1.29 is 27.9 Å². The molecule has 0 spiro atoms. The van der Waals surface area contributed by atoms with Crippen LogP contribution in [0.4, 0.5) is 16.2 Å². The van der Waals surface area contributed by atoms with Crippen molar-refractivity contribution in [3.05, 3.63) is 84.4 Å². The first-order valence-electron chi connectivity index (χ1n) is 13.0. The van der Waals surface area contributed by atoms with Gasteiger partial charge in [-0.05, 0) is 49.4 Å². The predicted octanol–water partition coefficient (Wildman–Crippen LogP) is 3.87. The maximum Gasteiger partial charge on any atom is 0.323 e. The zero-order valence-corrected chi connectivity index (χ0v) is 23.5. The van der Waals surface area contributed by atoms with Gasteiger partial charge in [-0.3, -0.25) is 4.79 Å². The maximum absolute atomic E-state index is 13.6. The van der Waals surface area contributed by atoms with E-state index in [1.165, 1.54) is 29.6 Å². The molecule has 4 rings (SSSR count). The Morgan fingerprint density at radius 1 is 1.05 bits per heavy atom. The molecule has 0 radical (unpaired) electrons. The fraction of sp³-hybridized carbons (Fsp3) is 0.310. The minimum Gasteiger partial charge on any atom is -0.488 e. The molecule has 3 atom stereocenters. The lowest BCUT2D eigenvalue weighted by molar-refractivity contribution is 0.0387. The molecule has 3 aromatic rings. The zero-order valence-electron chi connectivity index (χ0n) is 22.7. The van der Waals surface area contributed by atoms with Crippen LogP contribution in [0.2, 0.25) is 0 Å². The van der Waals surface area contributed by atoms with Crippen LogP contribution in [-0.2, 0) is 10.0 Å². The maximum atomic E-state index is 13.6. The van der Waals surface area contributed by atoms with Gasteiger partial charge in [0.25, 0.3) is 5.91 Å². The first kappa shape index (κ1) is 29.1. The molecule has 0 unspecified atom stereocenters. The molecule has 0 fully saturated rings. The van der Waals surface area contributed by atoms with Crippen LogP contribution in [0.25, 0.3) is 0 Å². The van der Waals surface area contributed by atoms with Crippen LogP contribution in [0.5, 0.6) is 5.75 Å². The minimum atomic E-state index is -3.77. The number of amides is 3. The normalized spacial score (nSPS) is 18.2. The molecule has 0 saturated heterocycles. The predicted molar refractivity (Wildman–Crippen MR) is 153 cm³/mol. The van der Waals surface area contributed by atoms with Crippen LogP contribution in [0.3, 0.4) is 0 Å². The average molecular weight is 567 g/mol. The number of nitrogens with one attached hydrogen (secondary N) is 2. The lowest BCUT2D eigenvalue weighted by atomic mass is 9.99. The quantitative estimate of drug-likeness (QED) is 0.380. The van der Waals surface area contributed by atoms with E-state index in [9.17, 15) is 23.1 Å². The van der Waals surface area contributed by atoms with Crippen molar-refractivity contribution in [2.45, 2.75) is 30.9 Å². The molecule has 10 nitrogen and oxygen atoms in total. The molecule has 3 amide bonds. The second-order valence-corrected chi connectivity index (χ2v) is 11.9. The van der Waals surface area contributed by atoms with Gasteiger partial charge in [0.15, 0.2) is 0 Å². The minimum absolute atomic E-state index is 0.0346. The van der Waals surface area contributed by atoms with Crippen molar-refractivity contribution in [2.75, 3.05) is 37.4 Å². The van der Waals surface area contributed by atoms with Gasteiger partial charge in [-0.2, -0.15) is 4.31 Å². The third-order valence-electron chi connectivity index (χ3n) is 6.84. The van der Waals surface area contributed by atoms with E-state index in [0.717, 1.165) is 0 Å². The number of sulfonamides is 1. The van der Waals surface area contributed by atoms with Crippen LogP contribution < -0.4 is 15.4 Å². The van der Waals surface area contributed by atoms with Gasteiger partial charge in [0.2, 0.25) is 10.0 Å². The summed E-state index contributed by atoms with van der Waals surface area (Å²) in [5, 5.41) is 15.3. The van der Waals surface area contributed by atoms with Crippen molar-refractivity contribution in [1.82, 2.24) is 9.21 Å². The van der Waals surface area contributed by atoms with E-state index in [4.69, 9.17) is 4.74 Å². The Labute approximate surface area is 234 Å². The number of rotatable bonds is 8.